The molecule has 8 heteroatoms. The quantitative estimate of drug-likeness (QED) is 0.400. The number of aryl methyl sites for hydroxylation is 4. The zero-order chi connectivity index (χ0) is 26.2. The van der Waals surface area contributed by atoms with Gasteiger partial charge in [-0.1, -0.05) is 30.7 Å². The maximum Gasteiger partial charge on any atom is 0.322 e. The van der Waals surface area contributed by atoms with E-state index in [1.54, 1.807) is 13.2 Å². The summed E-state index contributed by atoms with van der Waals surface area (Å²) in [5.41, 5.74) is 5.19. The van der Waals surface area contributed by atoms with Crippen LogP contribution < -0.4 is 20.1 Å². The van der Waals surface area contributed by atoms with Crippen molar-refractivity contribution in [1.82, 2.24) is 15.3 Å². The number of nitrogens with one attached hydrogen (secondary N) is 2. The molecule has 3 rings (SSSR count). The molecule has 1 aromatic heterocycles. The number of benzene rings is 2. The van der Waals surface area contributed by atoms with Crippen LogP contribution in [-0.2, 0) is 11.2 Å². The molecule has 2 N–H and O–H groups in total. The van der Waals surface area contributed by atoms with Gasteiger partial charge in [-0.2, -0.15) is 0 Å². The highest BCUT2D eigenvalue weighted by Crippen LogP contribution is 2.31. The van der Waals surface area contributed by atoms with Crippen LogP contribution in [-0.4, -0.2) is 34.9 Å². The van der Waals surface area contributed by atoms with Crippen molar-refractivity contribution in [2.45, 2.75) is 59.9 Å². The van der Waals surface area contributed by atoms with Crippen molar-refractivity contribution in [3.05, 3.63) is 70.5 Å². The number of hydrogen-bond donors (Lipinski definition) is 2. The second-order valence-electron chi connectivity index (χ2n) is 8.95. The predicted molar refractivity (Wildman–Crippen MR) is 140 cm³/mol. The predicted octanol–water partition coefficient (Wildman–Crippen LogP) is 5.30. The maximum absolute atomic E-state index is 12.7. The van der Waals surface area contributed by atoms with Crippen molar-refractivity contribution in [3.8, 4) is 17.5 Å². The normalized spacial score (nSPS) is 11.5. The van der Waals surface area contributed by atoms with Crippen LogP contribution in [0.4, 0.5) is 5.69 Å². The molecule has 0 radical (unpaired) electrons. The Hall–Kier alpha value is -3.94. The Balaban J connectivity index is 1.64. The zero-order valence-corrected chi connectivity index (χ0v) is 21.8. The van der Waals surface area contributed by atoms with Gasteiger partial charge in [0.25, 0.3) is 5.91 Å². The molecule has 3 aromatic rings. The van der Waals surface area contributed by atoms with Crippen molar-refractivity contribution in [2.24, 2.45) is 0 Å². The summed E-state index contributed by atoms with van der Waals surface area (Å²) in [4.78, 5) is 33.1. The number of hydrogen-bond acceptors (Lipinski definition) is 6. The standard InChI is InChI=1S/C28H34N4O4/c1-7-20(5)31-25(33)11-9-21-8-10-23(24(14-21)35-6)36-28-29-15-22(16-30-28)27(34)32-26-18(3)12-17(2)13-19(26)4/h8,10,12-16,20H,7,9,11H2,1-6H3,(H,31,33)(H,32,34)/t20-/m1/s1. The number of carbonyl (C=O) groups is 2. The molecule has 2 amide bonds. The fourth-order valence-corrected chi connectivity index (χ4v) is 3.81. The summed E-state index contributed by atoms with van der Waals surface area (Å²) in [6, 6.07) is 9.77. The van der Waals surface area contributed by atoms with Gasteiger partial charge in [0.2, 0.25) is 5.91 Å². The van der Waals surface area contributed by atoms with Crippen LogP contribution in [0.15, 0.2) is 42.7 Å². The number of amides is 2. The molecule has 0 fully saturated rings. The lowest BCUT2D eigenvalue weighted by atomic mass is 10.0. The molecule has 0 saturated carbocycles. The lowest BCUT2D eigenvalue weighted by molar-refractivity contribution is -0.121. The Bertz CT molecular complexity index is 1200. The maximum atomic E-state index is 12.7. The Kier molecular flexibility index (Phi) is 9.00. The minimum Gasteiger partial charge on any atom is -0.493 e. The molecule has 0 saturated heterocycles. The zero-order valence-electron chi connectivity index (χ0n) is 21.8. The van der Waals surface area contributed by atoms with Crippen LogP contribution in [0.2, 0.25) is 0 Å². The fraction of sp³-hybridized carbons (Fsp3) is 0.357. The number of aromatic nitrogens is 2. The van der Waals surface area contributed by atoms with E-state index in [0.717, 1.165) is 34.4 Å². The van der Waals surface area contributed by atoms with E-state index in [2.05, 4.69) is 20.6 Å². The lowest BCUT2D eigenvalue weighted by Gasteiger charge is -2.13. The van der Waals surface area contributed by atoms with Gasteiger partial charge in [0, 0.05) is 30.5 Å². The van der Waals surface area contributed by atoms with E-state index in [4.69, 9.17) is 9.47 Å². The molecular formula is C28H34N4O4. The minimum absolute atomic E-state index is 0.0221. The first-order chi connectivity index (χ1) is 17.2. The van der Waals surface area contributed by atoms with Gasteiger partial charge >= 0.3 is 6.01 Å². The van der Waals surface area contributed by atoms with Crippen LogP contribution in [0, 0.1) is 20.8 Å². The summed E-state index contributed by atoms with van der Waals surface area (Å²) in [6.45, 7) is 9.97. The molecule has 1 atom stereocenters. The van der Waals surface area contributed by atoms with Gasteiger partial charge in [-0.3, -0.25) is 9.59 Å². The monoisotopic (exact) mass is 490 g/mol. The SMILES string of the molecule is CC[C@@H](C)NC(=O)CCc1ccc(Oc2ncc(C(=O)Nc3c(C)cc(C)cc3C)cn2)c(OC)c1. The van der Waals surface area contributed by atoms with Crippen LogP contribution in [0.3, 0.4) is 0 Å². The third-order valence-electron chi connectivity index (χ3n) is 5.90. The average molecular weight is 491 g/mol. The number of nitrogens with zero attached hydrogens (tertiary/aromatic N) is 2. The van der Waals surface area contributed by atoms with Crippen molar-refractivity contribution in [3.63, 3.8) is 0 Å². The van der Waals surface area contributed by atoms with Gasteiger partial charge in [-0.15, -0.1) is 0 Å². The van der Waals surface area contributed by atoms with E-state index in [9.17, 15) is 9.59 Å². The van der Waals surface area contributed by atoms with Crippen LogP contribution in [0.1, 0.15) is 59.3 Å². The largest absolute Gasteiger partial charge is 0.493 e. The highest BCUT2D eigenvalue weighted by Gasteiger charge is 2.14. The number of rotatable bonds is 10. The summed E-state index contributed by atoms with van der Waals surface area (Å²) >= 11 is 0. The van der Waals surface area contributed by atoms with E-state index < -0.39 is 0 Å². The van der Waals surface area contributed by atoms with Gasteiger partial charge in [0.15, 0.2) is 11.5 Å². The van der Waals surface area contributed by atoms with Crippen molar-refractivity contribution in [2.75, 3.05) is 12.4 Å². The second kappa shape index (κ2) is 12.2. The summed E-state index contributed by atoms with van der Waals surface area (Å²) < 4.78 is 11.3. The van der Waals surface area contributed by atoms with Crippen molar-refractivity contribution < 1.29 is 19.1 Å². The molecule has 0 aliphatic carbocycles. The molecule has 190 valence electrons. The molecule has 8 nitrogen and oxygen atoms in total. The Labute approximate surface area is 212 Å². The Morgan fingerprint density at radius 3 is 2.28 bits per heavy atom. The number of anilines is 1. The first-order valence-corrected chi connectivity index (χ1v) is 12.1. The molecular weight excluding hydrogens is 456 g/mol. The lowest BCUT2D eigenvalue weighted by Crippen LogP contribution is -2.31. The smallest absolute Gasteiger partial charge is 0.322 e. The molecule has 2 aromatic carbocycles. The topological polar surface area (TPSA) is 102 Å². The van der Waals surface area contributed by atoms with E-state index in [1.165, 1.54) is 12.4 Å². The molecule has 0 aliphatic heterocycles. The van der Waals surface area contributed by atoms with Gasteiger partial charge in [-0.25, -0.2) is 9.97 Å². The average Bonchev–Trinajstić information content (AvgIpc) is 2.85. The fourth-order valence-electron chi connectivity index (χ4n) is 3.81. The highest BCUT2D eigenvalue weighted by atomic mass is 16.5. The summed E-state index contributed by atoms with van der Waals surface area (Å²) in [5.74, 6) is 0.670. The third kappa shape index (κ3) is 7.04. The molecule has 0 aliphatic rings. The van der Waals surface area contributed by atoms with Crippen LogP contribution in [0.5, 0.6) is 17.5 Å². The van der Waals surface area contributed by atoms with E-state index in [0.29, 0.717) is 29.9 Å². The van der Waals surface area contributed by atoms with Gasteiger partial charge < -0.3 is 20.1 Å². The Morgan fingerprint density at radius 1 is 1.00 bits per heavy atom. The van der Waals surface area contributed by atoms with E-state index in [1.807, 2.05) is 58.9 Å². The first kappa shape index (κ1) is 26.7. The third-order valence-corrected chi connectivity index (χ3v) is 5.90. The Morgan fingerprint density at radius 2 is 1.67 bits per heavy atom. The number of methoxy groups -OCH3 is 1. The summed E-state index contributed by atoms with van der Waals surface area (Å²) in [7, 11) is 1.55. The van der Waals surface area contributed by atoms with Crippen LogP contribution in [0.25, 0.3) is 0 Å². The van der Waals surface area contributed by atoms with E-state index in [-0.39, 0.29) is 23.9 Å². The molecule has 0 bridgehead atoms. The summed E-state index contributed by atoms with van der Waals surface area (Å²) in [5, 5.41) is 5.91. The second-order valence-corrected chi connectivity index (χ2v) is 8.95. The summed E-state index contributed by atoms with van der Waals surface area (Å²) in [6.07, 6.45) is 4.72. The van der Waals surface area contributed by atoms with Gasteiger partial charge in [0.1, 0.15) is 0 Å². The molecule has 1 heterocycles. The molecule has 36 heavy (non-hydrogen) atoms. The molecule has 0 spiro atoms. The van der Waals surface area contributed by atoms with Crippen molar-refractivity contribution in [1.29, 1.82) is 0 Å². The van der Waals surface area contributed by atoms with Gasteiger partial charge in [0.05, 0.1) is 12.7 Å². The van der Waals surface area contributed by atoms with Crippen LogP contribution >= 0.6 is 0 Å². The van der Waals surface area contributed by atoms with Gasteiger partial charge in [-0.05, 0) is 69.4 Å². The number of ether oxygens (including phenoxy) is 2. The van der Waals surface area contributed by atoms with Crippen molar-refractivity contribution >= 4 is 17.5 Å². The number of carbonyl (C=O) groups excluding carboxylic acids is 2. The molecule has 0 unspecified atom stereocenters. The minimum atomic E-state index is -0.295. The van der Waals surface area contributed by atoms with E-state index >= 15 is 0 Å². The highest BCUT2D eigenvalue weighted by molar-refractivity contribution is 6.04. The first-order valence-electron chi connectivity index (χ1n) is 12.1.